The van der Waals surface area contributed by atoms with Crippen LogP contribution in [-0.4, -0.2) is 43.0 Å². The van der Waals surface area contributed by atoms with Gasteiger partial charge in [0.25, 0.3) is 5.89 Å². The maximum atomic E-state index is 5.25. The number of hydrogen-bond acceptors (Lipinski definition) is 7. The van der Waals surface area contributed by atoms with Crippen molar-refractivity contribution in [1.29, 1.82) is 0 Å². The highest BCUT2D eigenvalue weighted by molar-refractivity contribution is 7.99. The average Bonchev–Trinajstić information content (AvgIpc) is 2.90. The number of rotatable bonds is 4. The molecular formula is C12H18N6OS. The molecule has 0 bridgehead atoms. The van der Waals surface area contributed by atoms with Gasteiger partial charge in [0.05, 0.1) is 18.0 Å². The minimum atomic E-state index is 0.182. The Labute approximate surface area is 121 Å². The van der Waals surface area contributed by atoms with E-state index in [0.29, 0.717) is 23.5 Å². The molecule has 7 nitrogen and oxygen atoms in total. The van der Waals surface area contributed by atoms with Crippen molar-refractivity contribution < 1.29 is 4.52 Å². The van der Waals surface area contributed by atoms with E-state index in [4.69, 9.17) is 4.52 Å². The maximum absolute atomic E-state index is 5.25. The number of nitrogens with zero attached hydrogens (tertiary/aromatic N) is 5. The summed E-state index contributed by atoms with van der Waals surface area (Å²) in [5.74, 6) is 1.86. The van der Waals surface area contributed by atoms with Crippen LogP contribution in [0.4, 0.5) is 0 Å². The molecule has 3 rings (SSSR count). The number of nitrogens with one attached hydrogen (secondary N) is 1. The highest BCUT2D eigenvalue weighted by atomic mass is 32.2. The highest BCUT2D eigenvalue weighted by Crippen LogP contribution is 2.27. The molecule has 108 valence electrons. The molecule has 0 spiro atoms. The van der Waals surface area contributed by atoms with Gasteiger partial charge in [-0.25, -0.2) is 4.68 Å². The van der Waals surface area contributed by atoms with Crippen LogP contribution in [0, 0.1) is 0 Å². The van der Waals surface area contributed by atoms with Crippen molar-refractivity contribution in [3.05, 3.63) is 12.0 Å². The van der Waals surface area contributed by atoms with Gasteiger partial charge in [0.2, 0.25) is 0 Å². The Hall–Kier alpha value is -1.41. The summed E-state index contributed by atoms with van der Waals surface area (Å²) in [6.45, 7) is 8.35. The van der Waals surface area contributed by atoms with Gasteiger partial charge in [0.1, 0.15) is 0 Å². The van der Waals surface area contributed by atoms with E-state index < -0.39 is 0 Å². The fourth-order valence-corrected chi connectivity index (χ4v) is 2.39. The van der Waals surface area contributed by atoms with Crippen molar-refractivity contribution >= 4 is 11.8 Å². The van der Waals surface area contributed by atoms with Crippen LogP contribution in [0.3, 0.4) is 0 Å². The minimum absolute atomic E-state index is 0.182. The van der Waals surface area contributed by atoms with Gasteiger partial charge in [-0.3, -0.25) is 0 Å². The van der Waals surface area contributed by atoms with Crippen LogP contribution in [0.1, 0.15) is 32.6 Å². The minimum Gasteiger partial charge on any atom is -0.332 e. The van der Waals surface area contributed by atoms with Gasteiger partial charge in [-0.1, -0.05) is 31.1 Å². The van der Waals surface area contributed by atoms with Crippen LogP contribution in [-0.2, 0) is 5.75 Å². The first-order valence-electron chi connectivity index (χ1n) is 6.61. The normalized spacial score (nSPS) is 16.4. The van der Waals surface area contributed by atoms with E-state index in [9.17, 15) is 0 Å². The van der Waals surface area contributed by atoms with E-state index in [-0.39, 0.29) is 4.75 Å². The monoisotopic (exact) mass is 294 g/mol. The van der Waals surface area contributed by atoms with Crippen LogP contribution >= 0.6 is 11.8 Å². The van der Waals surface area contributed by atoms with Gasteiger partial charge in [0, 0.05) is 17.8 Å². The molecule has 2 aromatic rings. The van der Waals surface area contributed by atoms with E-state index in [2.05, 4.69) is 46.5 Å². The molecular weight excluding hydrogens is 276 g/mol. The molecule has 0 saturated carbocycles. The predicted molar refractivity (Wildman–Crippen MR) is 76.3 cm³/mol. The molecule has 0 amide bonds. The Morgan fingerprint density at radius 2 is 2.25 bits per heavy atom. The first-order valence-corrected chi connectivity index (χ1v) is 7.59. The molecule has 3 heterocycles. The quantitative estimate of drug-likeness (QED) is 0.915. The molecule has 0 aliphatic carbocycles. The second-order valence-corrected chi connectivity index (χ2v) is 7.61. The van der Waals surface area contributed by atoms with Gasteiger partial charge in [-0.15, -0.1) is 16.9 Å². The Morgan fingerprint density at radius 1 is 1.45 bits per heavy atom. The molecule has 20 heavy (non-hydrogen) atoms. The summed E-state index contributed by atoms with van der Waals surface area (Å²) in [5.41, 5.74) is 0.636. The second-order valence-electron chi connectivity index (χ2n) is 5.81. The van der Waals surface area contributed by atoms with E-state index in [1.165, 1.54) is 0 Å². The molecule has 0 unspecified atom stereocenters. The van der Waals surface area contributed by atoms with E-state index >= 15 is 0 Å². The summed E-state index contributed by atoms with van der Waals surface area (Å²) in [4.78, 5) is 4.37. The summed E-state index contributed by atoms with van der Waals surface area (Å²) in [6, 6.07) is 0.384. The van der Waals surface area contributed by atoms with Crippen molar-refractivity contribution in [2.45, 2.75) is 37.3 Å². The zero-order valence-electron chi connectivity index (χ0n) is 11.8. The molecule has 1 aliphatic heterocycles. The maximum Gasteiger partial charge on any atom is 0.280 e. The van der Waals surface area contributed by atoms with E-state index in [1.54, 1.807) is 11.8 Å². The Kier molecular flexibility index (Phi) is 3.51. The molecule has 0 radical (unpaired) electrons. The molecule has 1 saturated heterocycles. The van der Waals surface area contributed by atoms with Gasteiger partial charge in [-0.2, -0.15) is 4.98 Å². The first-order chi connectivity index (χ1) is 9.51. The number of aromatic nitrogens is 5. The molecule has 1 fully saturated rings. The fourth-order valence-electron chi connectivity index (χ4n) is 1.71. The zero-order valence-corrected chi connectivity index (χ0v) is 12.6. The summed E-state index contributed by atoms with van der Waals surface area (Å²) in [6.07, 6.45) is 1.86. The van der Waals surface area contributed by atoms with Crippen LogP contribution in [0.5, 0.6) is 0 Å². The average molecular weight is 294 g/mol. The third-order valence-electron chi connectivity index (χ3n) is 2.97. The van der Waals surface area contributed by atoms with Crippen LogP contribution in [0.15, 0.2) is 10.7 Å². The van der Waals surface area contributed by atoms with Crippen LogP contribution in [0.2, 0.25) is 0 Å². The van der Waals surface area contributed by atoms with E-state index in [1.807, 2.05) is 10.9 Å². The van der Waals surface area contributed by atoms with Gasteiger partial charge in [0.15, 0.2) is 11.5 Å². The molecule has 0 atom stereocenters. The lowest BCUT2D eigenvalue weighted by Crippen LogP contribution is -2.43. The summed E-state index contributed by atoms with van der Waals surface area (Å²) in [5, 5.41) is 15.4. The highest BCUT2D eigenvalue weighted by Gasteiger charge is 2.22. The predicted octanol–water partition coefficient (Wildman–Crippen LogP) is 1.50. The zero-order chi connectivity index (χ0) is 14.2. The number of thioether (sulfide) groups is 1. The molecule has 0 aromatic carbocycles. The van der Waals surface area contributed by atoms with Crippen LogP contribution in [0.25, 0.3) is 11.6 Å². The van der Waals surface area contributed by atoms with E-state index in [0.717, 1.165) is 18.8 Å². The lowest BCUT2D eigenvalue weighted by atomic mass is 10.2. The molecule has 1 N–H and O–H groups in total. The summed E-state index contributed by atoms with van der Waals surface area (Å²) >= 11 is 1.78. The van der Waals surface area contributed by atoms with Crippen molar-refractivity contribution in [2.24, 2.45) is 0 Å². The third kappa shape index (κ3) is 3.01. The first kappa shape index (κ1) is 13.6. The smallest absolute Gasteiger partial charge is 0.280 e. The van der Waals surface area contributed by atoms with Gasteiger partial charge < -0.3 is 9.84 Å². The largest absolute Gasteiger partial charge is 0.332 e. The fraction of sp³-hybridized carbons (Fsp3) is 0.667. The summed E-state index contributed by atoms with van der Waals surface area (Å²) in [7, 11) is 0. The SMILES string of the molecule is CC(C)(C)SCc1noc(-c2cn(C3CNC3)nn2)n1. The van der Waals surface area contributed by atoms with Crippen molar-refractivity contribution in [1.82, 2.24) is 30.5 Å². The molecule has 1 aliphatic rings. The number of hydrogen-bond donors (Lipinski definition) is 1. The lowest BCUT2D eigenvalue weighted by molar-refractivity contribution is 0.313. The topological polar surface area (TPSA) is 81.7 Å². The van der Waals surface area contributed by atoms with Gasteiger partial charge in [-0.05, 0) is 0 Å². The van der Waals surface area contributed by atoms with Crippen molar-refractivity contribution in [2.75, 3.05) is 13.1 Å². The van der Waals surface area contributed by atoms with Gasteiger partial charge >= 0.3 is 0 Å². The Morgan fingerprint density at radius 3 is 2.90 bits per heavy atom. The third-order valence-corrected chi connectivity index (χ3v) is 4.23. The second kappa shape index (κ2) is 5.17. The standard InChI is InChI=1S/C12H18N6OS/c1-12(2,3)20-7-10-14-11(19-16-10)9-6-18(17-15-9)8-4-13-5-8/h6,8,13H,4-5,7H2,1-3H3. The van der Waals surface area contributed by atoms with Crippen LogP contribution < -0.4 is 5.32 Å². The molecule has 2 aromatic heterocycles. The molecule has 8 heteroatoms. The van der Waals surface area contributed by atoms with Crippen molar-refractivity contribution in [3.8, 4) is 11.6 Å². The van der Waals surface area contributed by atoms with Crippen molar-refractivity contribution in [3.63, 3.8) is 0 Å². The summed E-state index contributed by atoms with van der Waals surface area (Å²) < 4.78 is 7.28. The lowest BCUT2D eigenvalue weighted by Gasteiger charge is -2.26. The Bertz CT molecular complexity index is 583. The Balaban J connectivity index is 1.68.